The second-order valence-electron chi connectivity index (χ2n) is 3.23. The Morgan fingerprint density at radius 1 is 1.00 bits per heavy atom. The van der Waals surface area contributed by atoms with E-state index >= 15 is 0 Å². The Hall–Kier alpha value is -0.390. The van der Waals surface area contributed by atoms with Crippen molar-refractivity contribution in [3.63, 3.8) is 0 Å². The maximum atomic E-state index is 13.6. The van der Waals surface area contributed by atoms with Crippen molar-refractivity contribution in [1.29, 1.82) is 0 Å². The van der Waals surface area contributed by atoms with E-state index in [4.69, 9.17) is 4.74 Å². The van der Waals surface area contributed by atoms with E-state index in [0.717, 1.165) is 4.47 Å². The van der Waals surface area contributed by atoms with Crippen LogP contribution in [0, 0.1) is 5.82 Å². The smallest absolute Gasteiger partial charge is 0.155 e. The summed E-state index contributed by atoms with van der Waals surface area (Å²) in [7, 11) is 0. The predicted octanol–water partition coefficient (Wildman–Crippen LogP) is 5.91. The van der Waals surface area contributed by atoms with Gasteiger partial charge in [0.15, 0.2) is 5.82 Å². The van der Waals surface area contributed by atoms with Crippen molar-refractivity contribution in [3.8, 4) is 11.5 Å². The lowest BCUT2D eigenvalue weighted by Crippen LogP contribution is -1.89. The summed E-state index contributed by atoms with van der Waals surface area (Å²) in [6, 6.07) is 10.7. The second-order valence-corrected chi connectivity index (χ2v) is 5.80. The highest BCUT2D eigenvalue weighted by atomic mass is 79.9. The quantitative estimate of drug-likeness (QED) is 0.545. The third-order valence-electron chi connectivity index (χ3n) is 2.02. The lowest BCUT2D eigenvalue weighted by molar-refractivity contribution is 0.471. The Morgan fingerprint density at radius 3 is 2.47 bits per heavy atom. The number of hydrogen-bond donors (Lipinski definition) is 0. The molecule has 17 heavy (non-hydrogen) atoms. The second kappa shape index (κ2) is 5.50. The van der Waals surface area contributed by atoms with Gasteiger partial charge in [0, 0.05) is 4.47 Å². The third-order valence-corrected chi connectivity index (χ3v) is 3.87. The summed E-state index contributed by atoms with van der Waals surface area (Å²) in [6.07, 6.45) is 0. The van der Waals surface area contributed by atoms with Crippen LogP contribution in [0.2, 0.25) is 0 Å². The molecule has 2 aromatic rings. The van der Waals surface area contributed by atoms with E-state index < -0.39 is 0 Å². The molecule has 5 heteroatoms. The molecule has 0 aromatic heterocycles. The maximum absolute atomic E-state index is 13.6. The number of benzene rings is 2. The minimum Gasteiger partial charge on any atom is -0.456 e. The minimum atomic E-state index is -0.377. The molecule has 0 atom stereocenters. The van der Waals surface area contributed by atoms with Gasteiger partial charge in [0.2, 0.25) is 0 Å². The Labute approximate surface area is 123 Å². The van der Waals surface area contributed by atoms with E-state index in [1.165, 1.54) is 0 Å². The third kappa shape index (κ3) is 3.09. The molecule has 0 unspecified atom stereocenters. The molecular formula is C12H6Br3FO. The van der Waals surface area contributed by atoms with Crippen molar-refractivity contribution in [1.82, 2.24) is 0 Å². The van der Waals surface area contributed by atoms with Gasteiger partial charge in [-0.15, -0.1) is 0 Å². The molecule has 1 nitrogen and oxygen atoms in total. The van der Waals surface area contributed by atoms with Crippen LogP contribution in [0.15, 0.2) is 49.8 Å². The highest BCUT2D eigenvalue weighted by molar-refractivity contribution is 9.11. The monoisotopic (exact) mass is 422 g/mol. The Morgan fingerprint density at radius 2 is 1.76 bits per heavy atom. The summed E-state index contributed by atoms with van der Waals surface area (Å²) in [5, 5.41) is 0. The van der Waals surface area contributed by atoms with Crippen molar-refractivity contribution in [2.45, 2.75) is 0 Å². The van der Waals surface area contributed by atoms with Crippen molar-refractivity contribution in [2.24, 2.45) is 0 Å². The zero-order valence-corrected chi connectivity index (χ0v) is 13.1. The van der Waals surface area contributed by atoms with Crippen LogP contribution in [-0.2, 0) is 0 Å². The molecule has 2 rings (SSSR count). The molecule has 0 radical (unpaired) electrons. The highest BCUT2D eigenvalue weighted by Gasteiger charge is 2.11. The van der Waals surface area contributed by atoms with Gasteiger partial charge >= 0.3 is 0 Å². The van der Waals surface area contributed by atoms with E-state index in [2.05, 4.69) is 47.8 Å². The van der Waals surface area contributed by atoms with Crippen molar-refractivity contribution >= 4 is 47.8 Å². The fourth-order valence-electron chi connectivity index (χ4n) is 1.24. The zero-order chi connectivity index (χ0) is 12.4. The van der Waals surface area contributed by atoms with Gasteiger partial charge in [-0.05, 0) is 62.2 Å². The van der Waals surface area contributed by atoms with Crippen molar-refractivity contribution in [2.75, 3.05) is 0 Å². The zero-order valence-electron chi connectivity index (χ0n) is 8.38. The van der Waals surface area contributed by atoms with Gasteiger partial charge in [-0.25, -0.2) is 4.39 Å². The number of halogens is 4. The molecule has 0 aliphatic rings. The van der Waals surface area contributed by atoms with Gasteiger partial charge in [-0.1, -0.05) is 22.0 Å². The van der Waals surface area contributed by atoms with Gasteiger partial charge in [0.25, 0.3) is 0 Å². The van der Waals surface area contributed by atoms with E-state index in [-0.39, 0.29) is 5.82 Å². The van der Waals surface area contributed by atoms with Crippen LogP contribution in [0.4, 0.5) is 4.39 Å². The Balaban J connectivity index is 2.34. The first-order valence-corrected chi connectivity index (χ1v) is 7.03. The Kier molecular flexibility index (Phi) is 4.22. The van der Waals surface area contributed by atoms with Crippen molar-refractivity contribution < 1.29 is 9.13 Å². The van der Waals surface area contributed by atoms with Crippen LogP contribution in [0.1, 0.15) is 0 Å². The summed E-state index contributed by atoms with van der Waals surface area (Å²) in [6.45, 7) is 0. The minimum absolute atomic E-state index is 0.298. The summed E-state index contributed by atoms with van der Waals surface area (Å²) in [5.74, 6) is 0.697. The SMILES string of the molecule is Fc1c(Br)ccc(Oc2cccc(Br)c2)c1Br. The summed E-state index contributed by atoms with van der Waals surface area (Å²) in [4.78, 5) is 0. The predicted molar refractivity (Wildman–Crippen MR) is 76.0 cm³/mol. The van der Waals surface area contributed by atoms with Crippen LogP contribution in [-0.4, -0.2) is 0 Å². The first kappa shape index (κ1) is 13.1. The highest BCUT2D eigenvalue weighted by Crippen LogP contribution is 2.35. The number of ether oxygens (including phenoxy) is 1. The molecule has 0 spiro atoms. The van der Waals surface area contributed by atoms with Crippen LogP contribution in [0.25, 0.3) is 0 Å². The van der Waals surface area contributed by atoms with E-state index in [1.54, 1.807) is 18.2 Å². The lowest BCUT2D eigenvalue weighted by Gasteiger charge is -2.09. The van der Waals surface area contributed by atoms with Crippen LogP contribution in [0.5, 0.6) is 11.5 Å². The Bertz CT molecular complexity index is 557. The first-order chi connectivity index (χ1) is 8.08. The number of hydrogen-bond acceptors (Lipinski definition) is 1. The molecular weight excluding hydrogens is 419 g/mol. The van der Waals surface area contributed by atoms with Gasteiger partial charge in [-0.3, -0.25) is 0 Å². The molecule has 0 saturated carbocycles. The molecule has 0 aliphatic heterocycles. The van der Waals surface area contributed by atoms with Gasteiger partial charge in [0.05, 0.1) is 8.95 Å². The average molecular weight is 425 g/mol. The summed E-state index contributed by atoms with van der Waals surface area (Å²) >= 11 is 9.62. The summed E-state index contributed by atoms with van der Waals surface area (Å²) < 4.78 is 20.8. The molecule has 2 aromatic carbocycles. The van der Waals surface area contributed by atoms with Crippen LogP contribution < -0.4 is 4.74 Å². The normalized spacial score (nSPS) is 10.4. The number of rotatable bonds is 2. The first-order valence-electron chi connectivity index (χ1n) is 4.65. The van der Waals surface area contributed by atoms with Gasteiger partial charge in [-0.2, -0.15) is 0 Å². The van der Waals surface area contributed by atoms with Gasteiger partial charge in [0.1, 0.15) is 11.5 Å². The summed E-state index contributed by atoms with van der Waals surface area (Å²) in [5.41, 5.74) is 0. The molecule has 0 fully saturated rings. The topological polar surface area (TPSA) is 9.23 Å². The average Bonchev–Trinajstić information content (AvgIpc) is 2.30. The molecule has 0 heterocycles. The van der Waals surface area contributed by atoms with Crippen molar-refractivity contribution in [3.05, 3.63) is 55.6 Å². The fraction of sp³-hybridized carbons (Fsp3) is 0. The van der Waals surface area contributed by atoms with E-state index in [0.29, 0.717) is 20.4 Å². The van der Waals surface area contributed by atoms with Crippen LogP contribution >= 0.6 is 47.8 Å². The molecule has 0 saturated heterocycles. The standard InChI is InChI=1S/C12H6Br3FO/c13-7-2-1-3-8(6-7)17-10-5-4-9(14)12(16)11(10)15/h1-6H. The fourth-order valence-corrected chi connectivity index (χ4v) is 2.65. The van der Waals surface area contributed by atoms with E-state index in [1.807, 2.05) is 18.2 Å². The largest absolute Gasteiger partial charge is 0.456 e. The van der Waals surface area contributed by atoms with E-state index in [9.17, 15) is 4.39 Å². The lowest BCUT2D eigenvalue weighted by atomic mass is 10.3. The molecule has 0 amide bonds. The molecule has 88 valence electrons. The molecule has 0 N–H and O–H groups in total. The van der Waals surface area contributed by atoms with Gasteiger partial charge < -0.3 is 4.74 Å². The molecule has 0 bridgehead atoms. The van der Waals surface area contributed by atoms with Crippen LogP contribution in [0.3, 0.4) is 0 Å². The molecule has 0 aliphatic carbocycles. The maximum Gasteiger partial charge on any atom is 0.155 e.